The molecule has 1 aromatic carbocycles. The van der Waals surface area contributed by atoms with Crippen molar-refractivity contribution >= 4 is 0 Å². The van der Waals surface area contributed by atoms with E-state index >= 15 is 0 Å². The molecular weight excluding hydrogens is 278 g/mol. The molecule has 0 atom stereocenters. The molecule has 0 saturated carbocycles. The second-order valence-corrected chi connectivity index (χ2v) is 5.06. The Kier molecular flexibility index (Phi) is 4.67. The van der Waals surface area contributed by atoms with Gasteiger partial charge in [0.2, 0.25) is 0 Å². The fraction of sp³-hybridized carbons (Fsp3) is 0.333. The highest BCUT2D eigenvalue weighted by atomic mass is 19.3. The fourth-order valence-corrected chi connectivity index (χ4v) is 2.02. The van der Waals surface area contributed by atoms with E-state index in [9.17, 15) is 13.6 Å². The summed E-state index contributed by atoms with van der Waals surface area (Å²) in [4.78, 5) is 18.6. The fourth-order valence-electron chi connectivity index (χ4n) is 2.02. The van der Waals surface area contributed by atoms with Crippen LogP contribution in [0.5, 0.6) is 5.75 Å². The third-order valence-corrected chi connectivity index (χ3v) is 2.77. The molecule has 0 aliphatic heterocycles. The molecule has 0 radical (unpaired) electrons. The van der Waals surface area contributed by atoms with E-state index in [-0.39, 0.29) is 17.1 Å². The van der Waals surface area contributed by atoms with Gasteiger partial charge in [-0.1, -0.05) is 26.0 Å². The normalized spacial score (nSPS) is 11.1. The van der Waals surface area contributed by atoms with Crippen LogP contribution in [0.1, 0.15) is 19.5 Å². The van der Waals surface area contributed by atoms with Gasteiger partial charge in [-0.3, -0.25) is 4.79 Å². The lowest BCUT2D eigenvalue weighted by Crippen LogP contribution is -2.12. The van der Waals surface area contributed by atoms with Gasteiger partial charge in [0.1, 0.15) is 11.6 Å². The quantitative estimate of drug-likeness (QED) is 0.921. The molecular formula is C15H16F2N2O2. The van der Waals surface area contributed by atoms with Crippen LogP contribution in [0.2, 0.25) is 0 Å². The van der Waals surface area contributed by atoms with Crippen LogP contribution in [-0.4, -0.2) is 16.6 Å². The molecule has 1 aromatic heterocycles. The van der Waals surface area contributed by atoms with Crippen LogP contribution in [0.25, 0.3) is 11.4 Å². The largest absolute Gasteiger partial charge is 0.434 e. The molecule has 6 heteroatoms. The molecule has 112 valence electrons. The van der Waals surface area contributed by atoms with E-state index < -0.39 is 6.61 Å². The zero-order valence-corrected chi connectivity index (χ0v) is 11.8. The summed E-state index contributed by atoms with van der Waals surface area (Å²) < 4.78 is 29.3. The highest BCUT2D eigenvalue weighted by Gasteiger charge is 2.13. The van der Waals surface area contributed by atoms with Crippen LogP contribution in [0.3, 0.4) is 0 Å². The topological polar surface area (TPSA) is 55.0 Å². The first-order chi connectivity index (χ1) is 9.95. The Balaban J connectivity index is 2.46. The molecule has 21 heavy (non-hydrogen) atoms. The molecule has 0 aliphatic carbocycles. The molecule has 2 rings (SSSR count). The van der Waals surface area contributed by atoms with Crippen LogP contribution in [0.4, 0.5) is 8.78 Å². The first-order valence-corrected chi connectivity index (χ1v) is 6.60. The number of para-hydroxylation sites is 1. The maximum Gasteiger partial charge on any atom is 0.387 e. The molecule has 1 N–H and O–H groups in total. The lowest BCUT2D eigenvalue weighted by atomic mass is 10.1. The van der Waals surface area contributed by atoms with Gasteiger partial charge in [-0.15, -0.1) is 0 Å². The van der Waals surface area contributed by atoms with E-state index in [0.29, 0.717) is 23.6 Å². The van der Waals surface area contributed by atoms with E-state index in [1.165, 1.54) is 12.1 Å². The van der Waals surface area contributed by atoms with Crippen LogP contribution < -0.4 is 10.3 Å². The minimum absolute atomic E-state index is 0.0163. The number of H-pyrrole nitrogens is 1. The van der Waals surface area contributed by atoms with Crippen LogP contribution in [-0.2, 0) is 6.42 Å². The summed E-state index contributed by atoms with van der Waals surface area (Å²) in [5, 5.41) is 0. The minimum atomic E-state index is -2.93. The van der Waals surface area contributed by atoms with Gasteiger partial charge < -0.3 is 9.72 Å². The van der Waals surface area contributed by atoms with E-state index in [2.05, 4.69) is 14.7 Å². The van der Waals surface area contributed by atoms with Gasteiger partial charge in [-0.2, -0.15) is 8.78 Å². The van der Waals surface area contributed by atoms with Crippen molar-refractivity contribution in [3.63, 3.8) is 0 Å². The van der Waals surface area contributed by atoms with Crippen molar-refractivity contribution in [2.24, 2.45) is 5.92 Å². The number of aromatic nitrogens is 2. The average molecular weight is 294 g/mol. The number of nitrogens with zero attached hydrogens (tertiary/aromatic N) is 1. The van der Waals surface area contributed by atoms with Crippen molar-refractivity contribution in [1.82, 2.24) is 9.97 Å². The molecule has 2 aromatic rings. The standard InChI is InChI=1S/C15H16F2N2O2/c1-9(2)7-10-8-13(20)19-14(18-10)11-5-3-4-6-12(11)21-15(16)17/h3-6,8-9,15H,7H2,1-2H3,(H,18,19,20). The summed E-state index contributed by atoms with van der Waals surface area (Å²) in [7, 11) is 0. The van der Waals surface area contributed by atoms with Gasteiger partial charge in [0.25, 0.3) is 5.56 Å². The minimum Gasteiger partial charge on any atom is -0.434 e. The number of halogens is 2. The smallest absolute Gasteiger partial charge is 0.387 e. The van der Waals surface area contributed by atoms with Crippen LogP contribution >= 0.6 is 0 Å². The maximum atomic E-state index is 12.4. The number of benzene rings is 1. The first-order valence-electron chi connectivity index (χ1n) is 6.60. The van der Waals surface area contributed by atoms with Gasteiger partial charge in [-0.25, -0.2) is 4.98 Å². The third-order valence-electron chi connectivity index (χ3n) is 2.77. The summed E-state index contributed by atoms with van der Waals surface area (Å²) in [5.41, 5.74) is 0.638. The number of ether oxygens (including phenoxy) is 1. The lowest BCUT2D eigenvalue weighted by Gasteiger charge is -2.11. The average Bonchev–Trinajstić information content (AvgIpc) is 2.37. The van der Waals surface area contributed by atoms with E-state index in [1.807, 2.05) is 13.8 Å². The van der Waals surface area contributed by atoms with Crippen molar-refractivity contribution in [3.8, 4) is 17.1 Å². The number of rotatable bonds is 5. The van der Waals surface area contributed by atoms with Gasteiger partial charge in [-0.05, 0) is 24.5 Å². The van der Waals surface area contributed by atoms with Crippen LogP contribution in [0.15, 0.2) is 35.1 Å². The number of aromatic amines is 1. The number of nitrogens with one attached hydrogen (secondary N) is 1. The zero-order valence-electron chi connectivity index (χ0n) is 11.8. The molecule has 0 bridgehead atoms. The van der Waals surface area contributed by atoms with Gasteiger partial charge in [0, 0.05) is 11.8 Å². The Bertz CT molecular complexity index is 669. The van der Waals surface area contributed by atoms with E-state index in [4.69, 9.17) is 0 Å². The predicted octanol–water partition coefficient (Wildman–Crippen LogP) is 3.24. The summed E-state index contributed by atoms with van der Waals surface area (Å²) in [6.07, 6.45) is 0.634. The van der Waals surface area contributed by atoms with Gasteiger partial charge in [0.05, 0.1) is 5.56 Å². The first kappa shape index (κ1) is 15.2. The highest BCUT2D eigenvalue weighted by molar-refractivity contribution is 5.63. The Labute approximate surface area is 120 Å². The zero-order chi connectivity index (χ0) is 15.4. The maximum absolute atomic E-state index is 12.4. The van der Waals surface area contributed by atoms with Crippen molar-refractivity contribution in [3.05, 3.63) is 46.4 Å². The van der Waals surface area contributed by atoms with Crippen molar-refractivity contribution in [1.29, 1.82) is 0 Å². The summed E-state index contributed by atoms with van der Waals surface area (Å²) in [6.45, 7) is 1.09. The molecule has 0 unspecified atom stereocenters. The van der Waals surface area contributed by atoms with Gasteiger partial charge >= 0.3 is 6.61 Å². The molecule has 0 saturated heterocycles. The van der Waals surface area contributed by atoms with E-state index in [1.54, 1.807) is 18.2 Å². The number of alkyl halides is 2. The van der Waals surface area contributed by atoms with Gasteiger partial charge in [0.15, 0.2) is 0 Å². The van der Waals surface area contributed by atoms with E-state index in [0.717, 1.165) is 0 Å². The number of hydrogen-bond donors (Lipinski definition) is 1. The second kappa shape index (κ2) is 6.47. The molecule has 1 heterocycles. The molecule has 4 nitrogen and oxygen atoms in total. The summed E-state index contributed by atoms with van der Waals surface area (Å²) in [6, 6.07) is 7.66. The molecule has 0 amide bonds. The monoisotopic (exact) mass is 294 g/mol. The van der Waals surface area contributed by atoms with Crippen LogP contribution in [0, 0.1) is 5.92 Å². The summed E-state index contributed by atoms with van der Waals surface area (Å²) >= 11 is 0. The predicted molar refractivity (Wildman–Crippen MR) is 75.5 cm³/mol. The third kappa shape index (κ3) is 4.11. The van der Waals surface area contributed by atoms with Crippen molar-refractivity contribution < 1.29 is 13.5 Å². The summed E-state index contributed by atoms with van der Waals surface area (Å²) in [5.74, 6) is 0.548. The number of hydrogen-bond acceptors (Lipinski definition) is 3. The highest BCUT2D eigenvalue weighted by Crippen LogP contribution is 2.28. The molecule has 0 fully saturated rings. The Morgan fingerprint density at radius 3 is 2.67 bits per heavy atom. The lowest BCUT2D eigenvalue weighted by molar-refractivity contribution is -0.0494. The molecule has 0 aliphatic rings. The molecule has 0 spiro atoms. The Hall–Kier alpha value is -2.24. The Morgan fingerprint density at radius 2 is 2.00 bits per heavy atom. The Morgan fingerprint density at radius 1 is 1.29 bits per heavy atom. The second-order valence-electron chi connectivity index (χ2n) is 5.06. The SMILES string of the molecule is CC(C)Cc1cc(=O)[nH]c(-c2ccccc2OC(F)F)n1. The van der Waals surface area contributed by atoms with Crippen molar-refractivity contribution in [2.45, 2.75) is 26.9 Å². The van der Waals surface area contributed by atoms with Crippen molar-refractivity contribution in [2.75, 3.05) is 0 Å².